The molecule has 0 radical (unpaired) electrons. The van der Waals surface area contributed by atoms with Crippen LogP contribution in [0.2, 0.25) is 0 Å². The summed E-state index contributed by atoms with van der Waals surface area (Å²) < 4.78 is 10.6. The number of aromatic nitrogens is 2. The standard InChI is InChI=1S/C24H26N4O3/c1-5-17-6-8-19(27-23-12-16(2)25-15-26-23)14-21(17)28-24(29)11-7-18-13-20(30-3)9-10-22(18)31-4/h6-15H,5H2,1-4H3,(H,28,29)(H,25,26,27)/b11-7+. The molecule has 1 amide bonds. The topological polar surface area (TPSA) is 85.4 Å². The summed E-state index contributed by atoms with van der Waals surface area (Å²) in [4.78, 5) is 20.9. The molecule has 0 fully saturated rings. The van der Waals surface area contributed by atoms with Crippen molar-refractivity contribution in [1.82, 2.24) is 9.97 Å². The van der Waals surface area contributed by atoms with Gasteiger partial charge in [-0.2, -0.15) is 0 Å². The van der Waals surface area contributed by atoms with Crippen molar-refractivity contribution >= 4 is 29.2 Å². The van der Waals surface area contributed by atoms with Crippen LogP contribution in [0.4, 0.5) is 17.2 Å². The first-order valence-electron chi connectivity index (χ1n) is 9.92. The Bertz CT molecular complexity index is 1100. The first kappa shape index (κ1) is 21.8. The van der Waals surface area contributed by atoms with Crippen molar-refractivity contribution in [3.05, 3.63) is 71.7 Å². The lowest BCUT2D eigenvalue weighted by Gasteiger charge is -2.12. The summed E-state index contributed by atoms with van der Waals surface area (Å²) in [5, 5.41) is 6.21. The predicted molar refractivity (Wildman–Crippen MR) is 123 cm³/mol. The van der Waals surface area contributed by atoms with Gasteiger partial charge in [-0.3, -0.25) is 4.79 Å². The lowest BCUT2D eigenvalue weighted by Crippen LogP contribution is -2.10. The summed E-state index contributed by atoms with van der Waals surface area (Å²) in [7, 11) is 3.18. The maximum absolute atomic E-state index is 12.6. The zero-order valence-electron chi connectivity index (χ0n) is 18.1. The highest BCUT2D eigenvalue weighted by molar-refractivity contribution is 6.02. The minimum Gasteiger partial charge on any atom is -0.497 e. The van der Waals surface area contributed by atoms with Crippen LogP contribution < -0.4 is 20.1 Å². The van der Waals surface area contributed by atoms with Crippen molar-refractivity contribution in [1.29, 1.82) is 0 Å². The third-order valence-electron chi connectivity index (χ3n) is 4.68. The molecule has 1 heterocycles. The monoisotopic (exact) mass is 418 g/mol. The van der Waals surface area contributed by atoms with E-state index in [0.717, 1.165) is 34.6 Å². The number of benzene rings is 2. The molecule has 0 saturated heterocycles. The number of anilines is 3. The molecule has 3 rings (SSSR count). The van der Waals surface area contributed by atoms with Gasteiger partial charge in [-0.1, -0.05) is 13.0 Å². The number of carbonyl (C=O) groups is 1. The Hall–Kier alpha value is -3.87. The van der Waals surface area contributed by atoms with E-state index < -0.39 is 0 Å². The van der Waals surface area contributed by atoms with Gasteiger partial charge in [-0.25, -0.2) is 9.97 Å². The molecule has 7 heteroatoms. The molecule has 0 bridgehead atoms. The average molecular weight is 418 g/mol. The van der Waals surface area contributed by atoms with E-state index in [1.54, 1.807) is 32.4 Å². The van der Waals surface area contributed by atoms with E-state index in [0.29, 0.717) is 17.3 Å². The van der Waals surface area contributed by atoms with E-state index in [1.165, 1.54) is 12.4 Å². The Kier molecular flexibility index (Phi) is 7.22. The maximum atomic E-state index is 12.6. The van der Waals surface area contributed by atoms with Crippen molar-refractivity contribution < 1.29 is 14.3 Å². The Balaban J connectivity index is 1.78. The van der Waals surface area contributed by atoms with Crippen LogP contribution in [0.25, 0.3) is 6.08 Å². The van der Waals surface area contributed by atoms with Crippen LogP contribution in [0.1, 0.15) is 23.7 Å². The molecule has 160 valence electrons. The Morgan fingerprint density at radius 1 is 1.06 bits per heavy atom. The fourth-order valence-corrected chi connectivity index (χ4v) is 3.06. The molecular formula is C24H26N4O3. The molecule has 7 nitrogen and oxygen atoms in total. The highest BCUT2D eigenvalue weighted by atomic mass is 16.5. The highest BCUT2D eigenvalue weighted by Crippen LogP contribution is 2.26. The average Bonchev–Trinajstić information content (AvgIpc) is 2.77. The molecule has 0 aliphatic carbocycles. The van der Waals surface area contributed by atoms with E-state index in [9.17, 15) is 4.79 Å². The summed E-state index contributed by atoms with van der Waals surface area (Å²) in [5.74, 6) is 1.80. The molecule has 2 N–H and O–H groups in total. The molecule has 0 saturated carbocycles. The smallest absolute Gasteiger partial charge is 0.248 e. The van der Waals surface area contributed by atoms with Gasteiger partial charge in [0.2, 0.25) is 5.91 Å². The van der Waals surface area contributed by atoms with Gasteiger partial charge in [-0.15, -0.1) is 0 Å². The van der Waals surface area contributed by atoms with E-state index in [4.69, 9.17) is 9.47 Å². The number of amides is 1. The molecule has 3 aromatic rings. The van der Waals surface area contributed by atoms with Crippen LogP contribution in [0.15, 0.2) is 54.9 Å². The minimum atomic E-state index is -0.241. The fourth-order valence-electron chi connectivity index (χ4n) is 3.06. The fraction of sp³-hybridized carbons (Fsp3) is 0.208. The molecule has 0 aliphatic heterocycles. The first-order valence-corrected chi connectivity index (χ1v) is 9.92. The lowest BCUT2D eigenvalue weighted by molar-refractivity contribution is -0.111. The second kappa shape index (κ2) is 10.2. The zero-order valence-corrected chi connectivity index (χ0v) is 18.1. The number of aryl methyl sites for hydroxylation is 2. The molecule has 1 aromatic heterocycles. The SMILES string of the molecule is CCc1ccc(Nc2cc(C)ncn2)cc1NC(=O)/C=C/c1cc(OC)ccc1OC. The summed E-state index contributed by atoms with van der Waals surface area (Å²) in [6.45, 7) is 3.95. The van der Waals surface area contributed by atoms with Crippen LogP contribution in [0, 0.1) is 6.92 Å². The number of hydrogen-bond acceptors (Lipinski definition) is 6. The number of methoxy groups -OCH3 is 2. The second-order valence-electron chi connectivity index (χ2n) is 6.83. The van der Waals surface area contributed by atoms with Crippen LogP contribution in [0.3, 0.4) is 0 Å². The third-order valence-corrected chi connectivity index (χ3v) is 4.68. The summed E-state index contributed by atoms with van der Waals surface area (Å²) in [5.41, 5.74) is 4.22. The van der Waals surface area contributed by atoms with Gasteiger partial charge in [-0.05, 0) is 55.3 Å². The van der Waals surface area contributed by atoms with E-state index >= 15 is 0 Å². The van der Waals surface area contributed by atoms with Crippen LogP contribution in [-0.2, 0) is 11.2 Å². The summed E-state index contributed by atoms with van der Waals surface area (Å²) in [6.07, 6.45) is 5.48. The van der Waals surface area contributed by atoms with Gasteiger partial charge in [0.15, 0.2) is 0 Å². The van der Waals surface area contributed by atoms with Crippen molar-refractivity contribution in [3.63, 3.8) is 0 Å². The molecule has 31 heavy (non-hydrogen) atoms. The number of rotatable bonds is 8. The van der Waals surface area contributed by atoms with Gasteiger partial charge >= 0.3 is 0 Å². The Morgan fingerprint density at radius 2 is 1.90 bits per heavy atom. The molecule has 0 atom stereocenters. The molecular weight excluding hydrogens is 392 g/mol. The number of hydrogen-bond donors (Lipinski definition) is 2. The number of nitrogens with zero attached hydrogens (tertiary/aromatic N) is 2. The number of nitrogens with one attached hydrogen (secondary N) is 2. The van der Waals surface area contributed by atoms with Gasteiger partial charge in [0.05, 0.1) is 14.2 Å². The van der Waals surface area contributed by atoms with Crippen molar-refractivity contribution in [2.45, 2.75) is 20.3 Å². The number of ether oxygens (including phenoxy) is 2. The van der Waals surface area contributed by atoms with Crippen LogP contribution in [0.5, 0.6) is 11.5 Å². The Labute approximate surface area is 182 Å². The predicted octanol–water partition coefficient (Wildman–Crippen LogP) is 4.76. The van der Waals surface area contributed by atoms with E-state index in [1.807, 2.05) is 44.2 Å². The minimum absolute atomic E-state index is 0.241. The van der Waals surface area contributed by atoms with E-state index in [-0.39, 0.29) is 5.91 Å². The van der Waals surface area contributed by atoms with Crippen molar-refractivity contribution in [2.75, 3.05) is 24.9 Å². The largest absolute Gasteiger partial charge is 0.497 e. The highest BCUT2D eigenvalue weighted by Gasteiger charge is 2.08. The molecule has 2 aromatic carbocycles. The van der Waals surface area contributed by atoms with Gasteiger partial charge in [0.25, 0.3) is 0 Å². The maximum Gasteiger partial charge on any atom is 0.248 e. The lowest BCUT2D eigenvalue weighted by atomic mass is 10.1. The third kappa shape index (κ3) is 5.82. The molecule has 0 spiro atoms. The van der Waals surface area contributed by atoms with Gasteiger partial charge in [0, 0.05) is 34.8 Å². The summed E-state index contributed by atoms with van der Waals surface area (Å²) >= 11 is 0. The zero-order chi connectivity index (χ0) is 22.2. The van der Waals surface area contributed by atoms with Gasteiger partial charge < -0.3 is 20.1 Å². The van der Waals surface area contributed by atoms with Crippen molar-refractivity contribution in [3.8, 4) is 11.5 Å². The van der Waals surface area contributed by atoms with Crippen molar-refractivity contribution in [2.24, 2.45) is 0 Å². The van der Waals surface area contributed by atoms with Gasteiger partial charge in [0.1, 0.15) is 23.6 Å². The van der Waals surface area contributed by atoms with Crippen LogP contribution >= 0.6 is 0 Å². The molecule has 0 aliphatic rings. The first-order chi connectivity index (χ1) is 15.0. The molecule has 0 unspecified atom stereocenters. The van der Waals surface area contributed by atoms with E-state index in [2.05, 4.69) is 20.6 Å². The Morgan fingerprint density at radius 3 is 2.61 bits per heavy atom. The number of carbonyl (C=O) groups excluding carboxylic acids is 1. The normalized spacial score (nSPS) is 10.7. The summed E-state index contributed by atoms with van der Waals surface area (Å²) in [6, 6.07) is 13.1. The quantitative estimate of drug-likeness (QED) is 0.513. The van der Waals surface area contributed by atoms with Crippen LogP contribution in [-0.4, -0.2) is 30.1 Å². The second-order valence-corrected chi connectivity index (χ2v) is 6.83.